The van der Waals surface area contributed by atoms with Gasteiger partial charge in [-0.15, -0.1) is 0 Å². The number of benzene rings is 2. The third-order valence-corrected chi connectivity index (χ3v) is 4.57. The third-order valence-electron chi connectivity index (χ3n) is 4.57. The summed E-state index contributed by atoms with van der Waals surface area (Å²) in [6.07, 6.45) is 2.89. The Hall–Kier alpha value is -2.49. The van der Waals surface area contributed by atoms with E-state index in [1.807, 2.05) is 43.4 Å². The summed E-state index contributed by atoms with van der Waals surface area (Å²) in [5, 5.41) is 0. The highest BCUT2D eigenvalue weighted by atomic mass is 16.5. The highest BCUT2D eigenvalue weighted by Gasteiger charge is 2.15. The third kappa shape index (κ3) is 3.70. The second kappa shape index (κ2) is 7.39. The van der Waals surface area contributed by atoms with Crippen molar-refractivity contribution in [1.29, 1.82) is 0 Å². The fraction of sp³-hybridized carbons (Fsp3) is 0.350. The summed E-state index contributed by atoms with van der Waals surface area (Å²) >= 11 is 0. The predicted octanol–water partition coefficient (Wildman–Crippen LogP) is 3.50. The number of methoxy groups -OCH3 is 1. The topological polar surface area (TPSA) is 32.8 Å². The number of hydrogen-bond donors (Lipinski definition) is 0. The first kappa shape index (κ1) is 16.4. The van der Waals surface area contributed by atoms with Gasteiger partial charge in [-0.05, 0) is 54.8 Å². The Morgan fingerprint density at radius 3 is 2.50 bits per heavy atom. The molecule has 3 rings (SSSR count). The Morgan fingerprint density at radius 1 is 1.12 bits per heavy atom. The van der Waals surface area contributed by atoms with Crippen molar-refractivity contribution in [3.8, 4) is 5.75 Å². The molecule has 24 heavy (non-hydrogen) atoms. The number of amides is 1. The number of ether oxygens (including phenoxy) is 1. The van der Waals surface area contributed by atoms with E-state index in [4.69, 9.17) is 4.74 Å². The molecular weight excluding hydrogens is 300 g/mol. The highest BCUT2D eigenvalue weighted by molar-refractivity contribution is 5.94. The summed E-state index contributed by atoms with van der Waals surface area (Å²) in [6.45, 7) is 2.26. The van der Waals surface area contributed by atoms with Gasteiger partial charge in [0, 0.05) is 31.5 Å². The monoisotopic (exact) mass is 324 g/mol. The van der Waals surface area contributed by atoms with Crippen LogP contribution in [0.25, 0.3) is 0 Å². The minimum Gasteiger partial charge on any atom is -0.497 e. The van der Waals surface area contributed by atoms with Gasteiger partial charge in [-0.2, -0.15) is 0 Å². The maximum Gasteiger partial charge on any atom is 0.231 e. The molecule has 4 nitrogen and oxygen atoms in total. The van der Waals surface area contributed by atoms with Crippen LogP contribution in [-0.2, 0) is 11.2 Å². The molecule has 1 aliphatic rings. The SMILES string of the molecule is COc1cccc(CC(=O)N(C)c2ccc(N3CCCC3)cc2)c1. The zero-order valence-electron chi connectivity index (χ0n) is 14.4. The molecule has 4 heteroatoms. The summed E-state index contributed by atoms with van der Waals surface area (Å²) in [6, 6.07) is 15.9. The quantitative estimate of drug-likeness (QED) is 0.844. The standard InChI is InChI=1S/C20H24N2O2/c1-21(20(23)15-16-6-5-7-19(14-16)24-2)17-8-10-18(11-9-17)22-12-3-4-13-22/h5-11,14H,3-4,12-13,15H2,1-2H3. The summed E-state index contributed by atoms with van der Waals surface area (Å²) in [7, 11) is 3.46. The molecule has 0 bridgehead atoms. The molecule has 1 aliphatic heterocycles. The van der Waals surface area contributed by atoms with E-state index in [1.165, 1.54) is 18.5 Å². The van der Waals surface area contributed by atoms with Crippen molar-refractivity contribution in [3.63, 3.8) is 0 Å². The summed E-state index contributed by atoms with van der Waals surface area (Å²) in [5.41, 5.74) is 3.12. The molecular formula is C20H24N2O2. The van der Waals surface area contributed by atoms with Crippen molar-refractivity contribution in [3.05, 3.63) is 54.1 Å². The maximum absolute atomic E-state index is 12.5. The minimum absolute atomic E-state index is 0.0668. The van der Waals surface area contributed by atoms with Gasteiger partial charge >= 0.3 is 0 Å². The molecule has 2 aromatic rings. The van der Waals surface area contributed by atoms with Crippen molar-refractivity contribution in [1.82, 2.24) is 0 Å². The Bertz CT molecular complexity index is 691. The lowest BCUT2D eigenvalue weighted by Gasteiger charge is -2.21. The smallest absolute Gasteiger partial charge is 0.231 e. The van der Waals surface area contributed by atoms with E-state index in [1.54, 1.807) is 12.0 Å². The van der Waals surface area contributed by atoms with Crippen LogP contribution in [0.15, 0.2) is 48.5 Å². The average molecular weight is 324 g/mol. The first-order valence-electron chi connectivity index (χ1n) is 8.42. The summed E-state index contributed by atoms with van der Waals surface area (Å²) < 4.78 is 5.21. The van der Waals surface area contributed by atoms with E-state index < -0.39 is 0 Å². The van der Waals surface area contributed by atoms with E-state index in [0.717, 1.165) is 30.1 Å². The van der Waals surface area contributed by atoms with Gasteiger partial charge in [-0.25, -0.2) is 0 Å². The number of likely N-dealkylation sites (N-methyl/N-ethyl adjacent to an activating group) is 1. The van der Waals surface area contributed by atoms with E-state index in [9.17, 15) is 4.79 Å². The van der Waals surface area contributed by atoms with Crippen LogP contribution in [0.2, 0.25) is 0 Å². The lowest BCUT2D eigenvalue weighted by atomic mass is 10.1. The van der Waals surface area contributed by atoms with Crippen LogP contribution >= 0.6 is 0 Å². The molecule has 0 spiro atoms. The van der Waals surface area contributed by atoms with Gasteiger partial charge in [0.15, 0.2) is 0 Å². The summed E-state index contributed by atoms with van der Waals surface area (Å²) in [4.78, 5) is 16.6. The maximum atomic E-state index is 12.5. The number of rotatable bonds is 5. The number of nitrogens with zero attached hydrogens (tertiary/aromatic N) is 2. The molecule has 0 radical (unpaired) electrons. The molecule has 0 saturated carbocycles. The van der Waals surface area contributed by atoms with Gasteiger partial charge in [-0.1, -0.05) is 12.1 Å². The Balaban J connectivity index is 1.66. The fourth-order valence-corrected chi connectivity index (χ4v) is 3.08. The normalized spacial score (nSPS) is 13.8. The van der Waals surface area contributed by atoms with Crippen LogP contribution < -0.4 is 14.5 Å². The van der Waals surface area contributed by atoms with Crippen LogP contribution in [0.4, 0.5) is 11.4 Å². The molecule has 0 unspecified atom stereocenters. The molecule has 0 aromatic heterocycles. The van der Waals surface area contributed by atoms with Crippen molar-refractivity contribution in [2.45, 2.75) is 19.3 Å². The van der Waals surface area contributed by atoms with Crippen molar-refractivity contribution in [2.24, 2.45) is 0 Å². The molecule has 2 aromatic carbocycles. The van der Waals surface area contributed by atoms with E-state index >= 15 is 0 Å². The minimum atomic E-state index is 0.0668. The second-order valence-corrected chi connectivity index (χ2v) is 6.19. The van der Waals surface area contributed by atoms with E-state index in [0.29, 0.717) is 6.42 Å². The van der Waals surface area contributed by atoms with E-state index in [-0.39, 0.29) is 5.91 Å². The average Bonchev–Trinajstić information content (AvgIpc) is 3.16. The van der Waals surface area contributed by atoms with Crippen LogP contribution in [0.3, 0.4) is 0 Å². The molecule has 126 valence electrons. The van der Waals surface area contributed by atoms with Gasteiger partial charge in [0.1, 0.15) is 5.75 Å². The van der Waals surface area contributed by atoms with E-state index in [2.05, 4.69) is 17.0 Å². The lowest BCUT2D eigenvalue weighted by molar-refractivity contribution is -0.117. The molecule has 1 amide bonds. The largest absolute Gasteiger partial charge is 0.497 e. The molecule has 0 atom stereocenters. The predicted molar refractivity (Wildman–Crippen MR) is 98.0 cm³/mol. The van der Waals surface area contributed by atoms with Gasteiger partial charge in [0.05, 0.1) is 13.5 Å². The van der Waals surface area contributed by atoms with Crippen LogP contribution in [0, 0.1) is 0 Å². The number of carbonyl (C=O) groups is 1. The van der Waals surface area contributed by atoms with Crippen molar-refractivity contribution in [2.75, 3.05) is 37.0 Å². The van der Waals surface area contributed by atoms with Crippen LogP contribution in [0.1, 0.15) is 18.4 Å². The molecule has 1 heterocycles. The molecule has 1 saturated heterocycles. The van der Waals surface area contributed by atoms with Crippen LogP contribution in [-0.4, -0.2) is 33.2 Å². The number of anilines is 2. The Morgan fingerprint density at radius 2 is 1.83 bits per heavy atom. The fourth-order valence-electron chi connectivity index (χ4n) is 3.08. The Kier molecular flexibility index (Phi) is 5.04. The molecule has 0 aliphatic carbocycles. The zero-order valence-corrected chi connectivity index (χ0v) is 14.4. The molecule has 0 N–H and O–H groups in total. The highest BCUT2D eigenvalue weighted by Crippen LogP contribution is 2.24. The second-order valence-electron chi connectivity index (χ2n) is 6.19. The first-order chi connectivity index (χ1) is 11.7. The van der Waals surface area contributed by atoms with Gasteiger partial charge in [0.2, 0.25) is 5.91 Å². The van der Waals surface area contributed by atoms with Gasteiger partial charge in [0.25, 0.3) is 0 Å². The lowest BCUT2D eigenvalue weighted by Crippen LogP contribution is -2.28. The van der Waals surface area contributed by atoms with Crippen LogP contribution in [0.5, 0.6) is 5.75 Å². The van der Waals surface area contributed by atoms with Crippen molar-refractivity contribution >= 4 is 17.3 Å². The number of carbonyl (C=O) groups excluding carboxylic acids is 1. The van der Waals surface area contributed by atoms with Gasteiger partial charge < -0.3 is 14.5 Å². The molecule has 1 fully saturated rings. The van der Waals surface area contributed by atoms with Gasteiger partial charge in [-0.3, -0.25) is 4.79 Å². The zero-order chi connectivity index (χ0) is 16.9. The number of hydrogen-bond acceptors (Lipinski definition) is 3. The Labute approximate surface area is 143 Å². The first-order valence-corrected chi connectivity index (χ1v) is 8.42. The van der Waals surface area contributed by atoms with Crippen molar-refractivity contribution < 1.29 is 9.53 Å². The summed E-state index contributed by atoms with van der Waals surface area (Å²) in [5.74, 6) is 0.843.